The average molecular weight is 266 g/mol. The smallest absolute Gasteiger partial charge is 0.0706 e. The van der Waals surface area contributed by atoms with Crippen molar-refractivity contribution in [3.63, 3.8) is 0 Å². The second-order valence-electron chi connectivity index (χ2n) is 5.69. The molecule has 2 fully saturated rings. The van der Waals surface area contributed by atoms with E-state index in [1.54, 1.807) is 0 Å². The number of benzene rings is 1. The van der Waals surface area contributed by atoms with Crippen LogP contribution in [0.25, 0.3) is 0 Å². The highest BCUT2D eigenvalue weighted by molar-refractivity contribution is 6.30. The first-order chi connectivity index (χ1) is 8.69. The largest absolute Gasteiger partial charge is 0.389 e. The van der Waals surface area contributed by atoms with E-state index < -0.39 is 5.60 Å². The fourth-order valence-corrected chi connectivity index (χ4v) is 3.77. The number of hydrogen-bond acceptors (Lipinski definition) is 2. The normalized spacial score (nSPS) is 36.1. The van der Waals surface area contributed by atoms with Gasteiger partial charge in [0.15, 0.2) is 0 Å². The quantitative estimate of drug-likeness (QED) is 0.817. The minimum absolute atomic E-state index is 0.279. The minimum atomic E-state index is -0.451. The van der Waals surface area contributed by atoms with Crippen LogP contribution >= 0.6 is 11.6 Å². The molecule has 3 rings (SSSR count). The van der Waals surface area contributed by atoms with E-state index in [2.05, 4.69) is 17.4 Å². The lowest BCUT2D eigenvalue weighted by Gasteiger charge is -2.48. The molecule has 0 bridgehead atoms. The highest BCUT2D eigenvalue weighted by atomic mass is 35.5. The number of fused-ring (bicyclic) bond motifs is 1. The molecule has 1 saturated heterocycles. The highest BCUT2D eigenvalue weighted by Gasteiger charge is 2.45. The monoisotopic (exact) mass is 265 g/mol. The zero-order valence-electron chi connectivity index (χ0n) is 10.5. The first-order valence-electron chi connectivity index (χ1n) is 6.90. The van der Waals surface area contributed by atoms with Crippen molar-refractivity contribution in [3.05, 3.63) is 34.9 Å². The highest BCUT2D eigenvalue weighted by Crippen LogP contribution is 2.45. The average Bonchev–Trinajstić information content (AvgIpc) is 2.38. The Morgan fingerprint density at radius 1 is 1.17 bits per heavy atom. The third-order valence-electron chi connectivity index (χ3n) is 4.62. The van der Waals surface area contributed by atoms with E-state index in [1.807, 2.05) is 12.1 Å². The van der Waals surface area contributed by atoms with E-state index in [-0.39, 0.29) is 6.04 Å². The molecular weight excluding hydrogens is 246 g/mol. The summed E-state index contributed by atoms with van der Waals surface area (Å²) < 4.78 is 0. The molecule has 2 nitrogen and oxygen atoms in total. The molecule has 98 valence electrons. The number of nitrogens with one attached hydrogen (secondary N) is 1. The Balaban J connectivity index is 1.88. The van der Waals surface area contributed by atoms with Crippen molar-refractivity contribution < 1.29 is 5.11 Å². The van der Waals surface area contributed by atoms with Gasteiger partial charge in [0, 0.05) is 17.0 Å². The van der Waals surface area contributed by atoms with Crippen LogP contribution in [0, 0.1) is 5.92 Å². The molecule has 0 amide bonds. The van der Waals surface area contributed by atoms with Gasteiger partial charge in [0.05, 0.1) is 5.60 Å². The molecule has 0 aromatic heterocycles. The first kappa shape index (κ1) is 12.5. The van der Waals surface area contributed by atoms with Gasteiger partial charge in [-0.25, -0.2) is 0 Å². The van der Waals surface area contributed by atoms with Gasteiger partial charge in [0.2, 0.25) is 0 Å². The Morgan fingerprint density at radius 2 is 1.94 bits per heavy atom. The summed E-state index contributed by atoms with van der Waals surface area (Å²) in [5.74, 6) is 0.348. The summed E-state index contributed by atoms with van der Waals surface area (Å²) in [5.41, 5.74) is 0.804. The zero-order chi connectivity index (χ0) is 12.6. The van der Waals surface area contributed by atoms with Crippen LogP contribution in [0.1, 0.15) is 43.7 Å². The summed E-state index contributed by atoms with van der Waals surface area (Å²) in [4.78, 5) is 0. The molecule has 0 spiro atoms. The molecule has 0 unspecified atom stereocenters. The minimum Gasteiger partial charge on any atom is -0.389 e. The van der Waals surface area contributed by atoms with E-state index in [0.29, 0.717) is 5.92 Å². The molecule has 1 saturated carbocycles. The number of hydrogen-bond donors (Lipinski definition) is 2. The van der Waals surface area contributed by atoms with Gasteiger partial charge in [0.25, 0.3) is 0 Å². The maximum Gasteiger partial charge on any atom is 0.0706 e. The molecule has 2 N–H and O–H groups in total. The molecule has 1 aliphatic heterocycles. The van der Waals surface area contributed by atoms with Crippen LogP contribution in [0.2, 0.25) is 5.02 Å². The van der Waals surface area contributed by atoms with Crippen LogP contribution in [0.4, 0.5) is 0 Å². The van der Waals surface area contributed by atoms with E-state index in [1.165, 1.54) is 18.4 Å². The summed E-state index contributed by atoms with van der Waals surface area (Å²) in [6, 6.07) is 8.33. The summed E-state index contributed by atoms with van der Waals surface area (Å²) in [7, 11) is 0. The molecular formula is C15H20ClNO. The van der Waals surface area contributed by atoms with Gasteiger partial charge in [-0.05, 0) is 43.5 Å². The molecule has 18 heavy (non-hydrogen) atoms. The van der Waals surface area contributed by atoms with E-state index in [4.69, 9.17) is 11.6 Å². The lowest BCUT2D eigenvalue weighted by molar-refractivity contribution is -0.0861. The van der Waals surface area contributed by atoms with Crippen LogP contribution in [0.15, 0.2) is 24.3 Å². The van der Waals surface area contributed by atoms with Crippen LogP contribution in [0.3, 0.4) is 0 Å². The van der Waals surface area contributed by atoms with E-state index >= 15 is 0 Å². The van der Waals surface area contributed by atoms with Gasteiger partial charge in [-0.15, -0.1) is 0 Å². The molecule has 1 aliphatic carbocycles. The van der Waals surface area contributed by atoms with Crippen molar-refractivity contribution in [2.24, 2.45) is 5.92 Å². The Bertz CT molecular complexity index is 415. The first-order valence-corrected chi connectivity index (χ1v) is 7.28. The molecule has 0 radical (unpaired) electrons. The molecule has 3 atom stereocenters. The van der Waals surface area contributed by atoms with Gasteiger partial charge >= 0.3 is 0 Å². The maximum atomic E-state index is 10.8. The van der Waals surface area contributed by atoms with Gasteiger partial charge in [-0.3, -0.25) is 0 Å². The van der Waals surface area contributed by atoms with Gasteiger partial charge in [0.1, 0.15) is 0 Å². The fraction of sp³-hybridized carbons (Fsp3) is 0.600. The summed E-state index contributed by atoms with van der Waals surface area (Å²) in [5, 5.41) is 15.2. The fourth-order valence-electron chi connectivity index (χ4n) is 3.64. The standard InChI is InChI=1S/C15H20ClNO/c16-12-6-4-11(5-7-12)14-13-3-1-2-8-15(13,18)9-10-17-14/h4-7,13-14,17-18H,1-3,8-10H2/t13-,14+,15+/m1/s1. The summed E-state index contributed by atoms with van der Waals surface area (Å²) in [6.07, 6.45) is 5.38. The van der Waals surface area contributed by atoms with Crippen molar-refractivity contribution in [1.29, 1.82) is 0 Å². The van der Waals surface area contributed by atoms with E-state index in [0.717, 1.165) is 30.8 Å². The van der Waals surface area contributed by atoms with Crippen molar-refractivity contribution in [3.8, 4) is 0 Å². The molecule has 1 aromatic carbocycles. The van der Waals surface area contributed by atoms with Crippen molar-refractivity contribution in [2.45, 2.75) is 43.7 Å². The maximum absolute atomic E-state index is 10.8. The third kappa shape index (κ3) is 2.18. The zero-order valence-corrected chi connectivity index (χ0v) is 11.3. The number of rotatable bonds is 1. The second kappa shape index (κ2) is 4.84. The SMILES string of the molecule is O[C@]12CCCC[C@@H]1[C@H](c1ccc(Cl)cc1)NCC2. The van der Waals surface area contributed by atoms with Crippen LogP contribution in [-0.2, 0) is 0 Å². The number of aliphatic hydroxyl groups is 1. The Kier molecular flexibility index (Phi) is 3.35. The molecule has 2 aliphatic rings. The number of piperidine rings is 1. The third-order valence-corrected chi connectivity index (χ3v) is 4.87. The van der Waals surface area contributed by atoms with Crippen LogP contribution < -0.4 is 5.32 Å². The Labute approximate surface area is 113 Å². The van der Waals surface area contributed by atoms with Gasteiger partial charge < -0.3 is 10.4 Å². The van der Waals surface area contributed by atoms with Crippen LogP contribution in [0.5, 0.6) is 0 Å². The van der Waals surface area contributed by atoms with Crippen molar-refractivity contribution >= 4 is 11.6 Å². The molecule has 3 heteroatoms. The predicted octanol–water partition coefficient (Wildman–Crippen LogP) is 3.30. The molecule has 1 heterocycles. The summed E-state index contributed by atoms with van der Waals surface area (Å²) >= 11 is 5.95. The Hall–Kier alpha value is -0.570. The second-order valence-corrected chi connectivity index (χ2v) is 6.13. The predicted molar refractivity (Wildman–Crippen MR) is 73.7 cm³/mol. The van der Waals surface area contributed by atoms with Crippen LogP contribution in [-0.4, -0.2) is 17.3 Å². The molecule has 1 aromatic rings. The lowest BCUT2D eigenvalue weighted by Crippen LogP contribution is -2.53. The summed E-state index contributed by atoms with van der Waals surface area (Å²) in [6.45, 7) is 0.903. The van der Waals surface area contributed by atoms with Crippen molar-refractivity contribution in [1.82, 2.24) is 5.32 Å². The lowest BCUT2D eigenvalue weighted by atomic mass is 9.67. The Morgan fingerprint density at radius 3 is 2.72 bits per heavy atom. The van der Waals surface area contributed by atoms with E-state index in [9.17, 15) is 5.11 Å². The topological polar surface area (TPSA) is 32.3 Å². The van der Waals surface area contributed by atoms with Crippen molar-refractivity contribution in [2.75, 3.05) is 6.54 Å². The van der Waals surface area contributed by atoms with Gasteiger partial charge in [-0.1, -0.05) is 36.6 Å². The van der Waals surface area contributed by atoms with Gasteiger partial charge in [-0.2, -0.15) is 0 Å². The number of halogens is 1.